The fraction of sp³-hybridized carbons (Fsp3) is 0.545. The van der Waals surface area contributed by atoms with Crippen molar-refractivity contribution in [1.82, 2.24) is 14.9 Å². The number of anilines is 1. The van der Waals surface area contributed by atoms with Crippen molar-refractivity contribution in [2.75, 3.05) is 5.32 Å². The standard InChI is InChI=1S/C22H31N5O2S/c1-22(2,3)18(24-19(28)16(23)14-10-6-4-7-11-14)20(29)25-21-17(26-27-30-21)15-12-8-5-9-13-15/h5,8-9,12-14,16,18H,4,6-7,10-11,23H2,1-3H3,(H,24,28)(H,25,29)/t16-,18+/m0/s1. The largest absolute Gasteiger partial charge is 0.342 e. The first-order chi connectivity index (χ1) is 14.3. The Hall–Kier alpha value is -2.32. The molecule has 1 saturated carbocycles. The molecule has 0 bridgehead atoms. The summed E-state index contributed by atoms with van der Waals surface area (Å²) >= 11 is 1.12. The van der Waals surface area contributed by atoms with E-state index in [4.69, 9.17) is 5.73 Å². The molecule has 0 saturated heterocycles. The van der Waals surface area contributed by atoms with E-state index in [0.717, 1.165) is 42.8 Å². The number of nitrogens with two attached hydrogens (primary N) is 1. The summed E-state index contributed by atoms with van der Waals surface area (Å²) in [6.07, 6.45) is 5.34. The second kappa shape index (κ2) is 9.66. The number of benzene rings is 1. The van der Waals surface area contributed by atoms with E-state index in [1.807, 2.05) is 51.1 Å². The molecule has 1 aromatic heterocycles. The predicted molar refractivity (Wildman–Crippen MR) is 120 cm³/mol. The molecule has 4 N–H and O–H groups in total. The molecule has 1 heterocycles. The lowest BCUT2D eigenvalue weighted by molar-refractivity contribution is -0.130. The maximum absolute atomic E-state index is 13.2. The zero-order valence-corrected chi connectivity index (χ0v) is 18.7. The molecule has 8 heteroatoms. The highest BCUT2D eigenvalue weighted by molar-refractivity contribution is 7.10. The third-order valence-electron chi connectivity index (χ3n) is 5.65. The first kappa shape index (κ1) is 22.4. The second-order valence-electron chi connectivity index (χ2n) is 9.04. The van der Waals surface area contributed by atoms with Gasteiger partial charge in [0, 0.05) is 17.1 Å². The SMILES string of the molecule is CC(C)(C)[C@H](NC(=O)[C@@H](N)C1CCCCC1)C(=O)Nc1snnc1-c1ccccc1. The smallest absolute Gasteiger partial charge is 0.248 e. The normalized spacial score (nSPS) is 17.2. The average molecular weight is 430 g/mol. The molecule has 1 aliphatic carbocycles. The van der Waals surface area contributed by atoms with Crippen molar-refractivity contribution in [1.29, 1.82) is 0 Å². The monoisotopic (exact) mass is 429 g/mol. The van der Waals surface area contributed by atoms with Gasteiger partial charge in [-0.15, -0.1) is 5.10 Å². The number of hydrogen-bond donors (Lipinski definition) is 3. The van der Waals surface area contributed by atoms with Crippen molar-refractivity contribution in [2.45, 2.75) is 65.0 Å². The van der Waals surface area contributed by atoms with E-state index in [-0.39, 0.29) is 17.7 Å². The van der Waals surface area contributed by atoms with Crippen LogP contribution in [0.4, 0.5) is 5.00 Å². The van der Waals surface area contributed by atoms with Crippen LogP contribution in [0.1, 0.15) is 52.9 Å². The molecule has 0 spiro atoms. The van der Waals surface area contributed by atoms with Gasteiger partial charge in [-0.2, -0.15) is 0 Å². The zero-order valence-electron chi connectivity index (χ0n) is 17.9. The van der Waals surface area contributed by atoms with Crippen molar-refractivity contribution in [3.8, 4) is 11.3 Å². The van der Waals surface area contributed by atoms with Crippen LogP contribution >= 0.6 is 11.5 Å². The van der Waals surface area contributed by atoms with E-state index in [0.29, 0.717) is 10.7 Å². The number of amides is 2. The minimum absolute atomic E-state index is 0.179. The molecular weight excluding hydrogens is 398 g/mol. The van der Waals surface area contributed by atoms with Crippen LogP contribution < -0.4 is 16.4 Å². The third kappa shape index (κ3) is 5.43. The summed E-state index contributed by atoms with van der Waals surface area (Å²) in [4.78, 5) is 26.0. The van der Waals surface area contributed by atoms with Crippen LogP contribution in [0, 0.1) is 11.3 Å². The quantitative estimate of drug-likeness (QED) is 0.650. The fourth-order valence-electron chi connectivity index (χ4n) is 3.86. The molecule has 0 radical (unpaired) electrons. The highest BCUT2D eigenvalue weighted by Crippen LogP contribution is 2.30. The number of aromatic nitrogens is 2. The number of carbonyl (C=O) groups is 2. The van der Waals surface area contributed by atoms with Crippen LogP contribution in [0.5, 0.6) is 0 Å². The maximum Gasteiger partial charge on any atom is 0.248 e. The predicted octanol–water partition coefficient (Wildman–Crippen LogP) is 3.58. The molecule has 1 aromatic carbocycles. The van der Waals surface area contributed by atoms with Gasteiger partial charge in [0.15, 0.2) is 0 Å². The summed E-state index contributed by atoms with van der Waals surface area (Å²) in [5, 5.41) is 10.6. The average Bonchev–Trinajstić information content (AvgIpc) is 3.19. The zero-order chi connectivity index (χ0) is 21.7. The Balaban J connectivity index is 1.72. The number of hydrogen-bond acceptors (Lipinski definition) is 6. The topological polar surface area (TPSA) is 110 Å². The van der Waals surface area contributed by atoms with Gasteiger partial charge in [-0.3, -0.25) is 9.59 Å². The molecule has 7 nitrogen and oxygen atoms in total. The van der Waals surface area contributed by atoms with E-state index in [1.165, 1.54) is 6.42 Å². The Bertz CT molecular complexity index is 856. The van der Waals surface area contributed by atoms with Crippen LogP contribution in [0.25, 0.3) is 11.3 Å². The molecule has 162 valence electrons. The summed E-state index contributed by atoms with van der Waals surface area (Å²) in [5.41, 5.74) is 7.26. The van der Waals surface area contributed by atoms with E-state index in [9.17, 15) is 9.59 Å². The first-order valence-corrected chi connectivity index (χ1v) is 11.3. The Morgan fingerprint density at radius 3 is 2.40 bits per heavy atom. The van der Waals surface area contributed by atoms with Crippen LogP contribution in [0.2, 0.25) is 0 Å². The Morgan fingerprint density at radius 2 is 1.77 bits per heavy atom. The Morgan fingerprint density at radius 1 is 1.10 bits per heavy atom. The van der Waals surface area contributed by atoms with Gasteiger partial charge >= 0.3 is 0 Å². The van der Waals surface area contributed by atoms with Gasteiger partial charge in [0.25, 0.3) is 0 Å². The van der Waals surface area contributed by atoms with E-state index < -0.39 is 17.5 Å². The van der Waals surface area contributed by atoms with Crippen molar-refractivity contribution < 1.29 is 9.59 Å². The summed E-state index contributed by atoms with van der Waals surface area (Å²) < 4.78 is 3.99. The highest BCUT2D eigenvalue weighted by Gasteiger charge is 2.36. The summed E-state index contributed by atoms with van der Waals surface area (Å²) in [5.74, 6) is -0.379. The van der Waals surface area contributed by atoms with Crippen LogP contribution in [-0.2, 0) is 9.59 Å². The fourth-order valence-corrected chi connectivity index (χ4v) is 4.46. The van der Waals surface area contributed by atoms with Crippen LogP contribution in [0.15, 0.2) is 30.3 Å². The van der Waals surface area contributed by atoms with E-state index in [1.54, 1.807) is 0 Å². The van der Waals surface area contributed by atoms with Gasteiger partial charge in [0.2, 0.25) is 11.8 Å². The Kier molecular flexibility index (Phi) is 7.20. The molecular formula is C22H31N5O2S. The molecule has 1 fully saturated rings. The maximum atomic E-state index is 13.2. The van der Waals surface area contributed by atoms with Gasteiger partial charge < -0.3 is 16.4 Å². The van der Waals surface area contributed by atoms with Gasteiger partial charge in [0.1, 0.15) is 16.7 Å². The first-order valence-electron chi connectivity index (χ1n) is 10.5. The summed E-state index contributed by atoms with van der Waals surface area (Å²) in [6.45, 7) is 5.77. The van der Waals surface area contributed by atoms with Gasteiger partial charge in [-0.05, 0) is 24.2 Å². The summed E-state index contributed by atoms with van der Waals surface area (Å²) in [7, 11) is 0. The lowest BCUT2D eigenvalue weighted by Crippen LogP contribution is -2.56. The van der Waals surface area contributed by atoms with Crippen molar-refractivity contribution in [3.05, 3.63) is 30.3 Å². The molecule has 3 rings (SSSR count). The van der Waals surface area contributed by atoms with Gasteiger partial charge in [0.05, 0.1) is 6.04 Å². The van der Waals surface area contributed by atoms with Gasteiger partial charge in [-0.25, -0.2) is 0 Å². The van der Waals surface area contributed by atoms with Crippen LogP contribution in [-0.4, -0.2) is 33.5 Å². The van der Waals surface area contributed by atoms with E-state index in [2.05, 4.69) is 20.2 Å². The minimum Gasteiger partial charge on any atom is -0.342 e. The van der Waals surface area contributed by atoms with Crippen LogP contribution in [0.3, 0.4) is 0 Å². The number of nitrogens with zero attached hydrogens (tertiary/aromatic N) is 2. The molecule has 2 aromatic rings. The van der Waals surface area contributed by atoms with Crippen molar-refractivity contribution in [3.63, 3.8) is 0 Å². The molecule has 0 aliphatic heterocycles. The molecule has 0 unspecified atom stereocenters. The van der Waals surface area contributed by atoms with E-state index >= 15 is 0 Å². The second-order valence-corrected chi connectivity index (χ2v) is 9.79. The number of nitrogens with one attached hydrogen (secondary N) is 2. The number of rotatable bonds is 6. The number of carbonyl (C=O) groups excluding carboxylic acids is 2. The highest BCUT2D eigenvalue weighted by atomic mass is 32.1. The van der Waals surface area contributed by atoms with Gasteiger partial charge in [-0.1, -0.05) is 74.9 Å². The summed E-state index contributed by atoms with van der Waals surface area (Å²) in [6, 6.07) is 8.24. The third-order valence-corrected chi connectivity index (χ3v) is 6.29. The Labute approximate surface area is 182 Å². The molecule has 30 heavy (non-hydrogen) atoms. The van der Waals surface area contributed by atoms with Crippen molar-refractivity contribution in [2.24, 2.45) is 17.1 Å². The molecule has 1 aliphatic rings. The molecule has 2 atom stereocenters. The lowest BCUT2D eigenvalue weighted by Gasteiger charge is -2.33. The minimum atomic E-state index is -0.731. The lowest BCUT2D eigenvalue weighted by atomic mass is 9.82. The van der Waals surface area contributed by atoms with Crippen molar-refractivity contribution >= 4 is 28.3 Å². The molecule has 2 amide bonds.